The number of methoxy groups -OCH3 is 1. The molecule has 0 aromatic heterocycles. The van der Waals surface area contributed by atoms with Crippen LogP contribution in [0, 0.1) is 0 Å². The molecule has 102 valence electrons. The van der Waals surface area contributed by atoms with Crippen LogP contribution in [0.3, 0.4) is 0 Å². The highest BCUT2D eigenvalue weighted by Gasteiger charge is 2.10. The first kappa shape index (κ1) is 15.2. The molecule has 1 aromatic rings. The minimum Gasteiger partial charge on any atom is -0.496 e. The molecule has 6 nitrogen and oxygen atoms in total. The minimum atomic E-state index is -0.813. The maximum Gasteiger partial charge on any atom is 0.329 e. The van der Waals surface area contributed by atoms with Gasteiger partial charge in [0.1, 0.15) is 5.75 Å². The molecule has 0 heterocycles. The van der Waals surface area contributed by atoms with Crippen molar-refractivity contribution in [2.45, 2.75) is 6.92 Å². The lowest BCUT2D eigenvalue weighted by atomic mass is 10.2. The van der Waals surface area contributed by atoms with Crippen molar-refractivity contribution in [3.8, 4) is 5.75 Å². The summed E-state index contributed by atoms with van der Waals surface area (Å²) in [4.78, 5) is 22.4. The molecule has 0 radical (unpaired) electrons. The predicted molar refractivity (Wildman–Crippen MR) is 75.1 cm³/mol. The molecule has 0 unspecified atom stereocenters. The molecule has 0 aliphatic carbocycles. The van der Waals surface area contributed by atoms with E-state index in [9.17, 15) is 9.59 Å². The Hall–Kier alpha value is -1.89. The van der Waals surface area contributed by atoms with E-state index in [2.05, 4.69) is 31.8 Å². The normalized spacial score (nSPS) is 10.3. The van der Waals surface area contributed by atoms with Gasteiger partial charge in [-0.15, -0.1) is 0 Å². The van der Waals surface area contributed by atoms with E-state index in [0.717, 1.165) is 4.47 Å². The first-order valence-electron chi connectivity index (χ1n) is 5.53. The Balaban J connectivity index is 2.69. The number of hydrazone groups is 1. The van der Waals surface area contributed by atoms with Gasteiger partial charge < -0.3 is 10.1 Å². The summed E-state index contributed by atoms with van der Waals surface area (Å²) in [6.45, 7) is 2.11. The Kier molecular flexibility index (Phi) is 6.01. The van der Waals surface area contributed by atoms with Crippen LogP contribution in [0.2, 0.25) is 0 Å². The summed E-state index contributed by atoms with van der Waals surface area (Å²) in [6, 6.07) is 5.36. The smallest absolute Gasteiger partial charge is 0.329 e. The van der Waals surface area contributed by atoms with Gasteiger partial charge in [-0.2, -0.15) is 5.10 Å². The summed E-state index contributed by atoms with van der Waals surface area (Å²) < 4.78 is 5.99. The molecule has 0 saturated heterocycles. The number of ether oxygens (including phenoxy) is 1. The lowest BCUT2D eigenvalue weighted by Crippen LogP contribution is -2.37. The summed E-state index contributed by atoms with van der Waals surface area (Å²) in [5.41, 5.74) is 2.81. The number of hydrogen-bond acceptors (Lipinski definition) is 4. The van der Waals surface area contributed by atoms with Crippen LogP contribution >= 0.6 is 15.9 Å². The van der Waals surface area contributed by atoms with Gasteiger partial charge >= 0.3 is 11.8 Å². The van der Waals surface area contributed by atoms with Gasteiger partial charge in [-0.3, -0.25) is 9.59 Å². The maximum atomic E-state index is 11.3. The Morgan fingerprint density at radius 3 is 2.79 bits per heavy atom. The van der Waals surface area contributed by atoms with E-state index in [4.69, 9.17) is 4.74 Å². The van der Waals surface area contributed by atoms with Crippen LogP contribution < -0.4 is 15.5 Å². The van der Waals surface area contributed by atoms with E-state index in [1.54, 1.807) is 19.1 Å². The van der Waals surface area contributed by atoms with Crippen molar-refractivity contribution in [1.82, 2.24) is 10.7 Å². The number of halogens is 1. The average molecular weight is 328 g/mol. The predicted octanol–water partition coefficient (Wildman–Crippen LogP) is 1.04. The molecule has 1 rings (SSSR count). The monoisotopic (exact) mass is 327 g/mol. The van der Waals surface area contributed by atoms with Crippen molar-refractivity contribution in [2.75, 3.05) is 13.7 Å². The topological polar surface area (TPSA) is 79.8 Å². The number of carbonyl (C=O) groups is 2. The zero-order chi connectivity index (χ0) is 14.3. The molecular formula is C12H14BrN3O3. The van der Waals surface area contributed by atoms with Crippen molar-refractivity contribution < 1.29 is 14.3 Å². The number of nitrogens with one attached hydrogen (secondary N) is 2. The van der Waals surface area contributed by atoms with Crippen LogP contribution in [0.25, 0.3) is 0 Å². The van der Waals surface area contributed by atoms with Gasteiger partial charge in [0, 0.05) is 16.6 Å². The molecule has 0 spiro atoms. The summed E-state index contributed by atoms with van der Waals surface area (Å²) in [5, 5.41) is 6.08. The van der Waals surface area contributed by atoms with Crippen molar-refractivity contribution in [2.24, 2.45) is 5.10 Å². The molecular weight excluding hydrogens is 314 g/mol. The lowest BCUT2D eigenvalue weighted by Gasteiger charge is -2.04. The Morgan fingerprint density at radius 1 is 1.42 bits per heavy atom. The highest BCUT2D eigenvalue weighted by molar-refractivity contribution is 9.10. The quantitative estimate of drug-likeness (QED) is 0.492. The third kappa shape index (κ3) is 4.70. The van der Waals surface area contributed by atoms with Gasteiger partial charge in [0.25, 0.3) is 0 Å². The maximum absolute atomic E-state index is 11.3. The molecule has 0 atom stereocenters. The van der Waals surface area contributed by atoms with Crippen molar-refractivity contribution in [3.05, 3.63) is 28.2 Å². The number of likely N-dealkylation sites (N-methyl/N-ethyl adjacent to an activating group) is 1. The second-order valence-electron chi connectivity index (χ2n) is 3.44. The highest BCUT2D eigenvalue weighted by Crippen LogP contribution is 2.21. The first-order valence-corrected chi connectivity index (χ1v) is 6.32. The zero-order valence-electron chi connectivity index (χ0n) is 10.6. The molecule has 0 aliphatic heterocycles. The number of rotatable bonds is 4. The Bertz CT molecular complexity index is 503. The van der Waals surface area contributed by atoms with E-state index >= 15 is 0 Å². The van der Waals surface area contributed by atoms with Crippen LogP contribution in [-0.4, -0.2) is 31.7 Å². The van der Waals surface area contributed by atoms with Gasteiger partial charge in [0.15, 0.2) is 0 Å². The Morgan fingerprint density at radius 2 is 2.16 bits per heavy atom. The standard InChI is InChI=1S/C12H14BrN3O3/c1-3-14-11(17)12(18)16-15-7-8-6-9(13)4-5-10(8)19-2/h4-7H,3H2,1-2H3,(H,14,17)(H,16,18)/b15-7-. The zero-order valence-corrected chi connectivity index (χ0v) is 12.2. The Labute approximate surface area is 119 Å². The van der Waals surface area contributed by atoms with Crippen LogP contribution in [-0.2, 0) is 9.59 Å². The molecule has 1 aromatic carbocycles. The summed E-state index contributed by atoms with van der Waals surface area (Å²) in [5.74, 6) is -0.924. The fourth-order valence-electron chi connectivity index (χ4n) is 1.26. The van der Waals surface area contributed by atoms with Crippen LogP contribution in [0.5, 0.6) is 5.75 Å². The van der Waals surface area contributed by atoms with Crippen LogP contribution in [0.1, 0.15) is 12.5 Å². The second-order valence-corrected chi connectivity index (χ2v) is 4.36. The van der Waals surface area contributed by atoms with E-state index < -0.39 is 11.8 Å². The summed E-state index contributed by atoms with van der Waals surface area (Å²) >= 11 is 3.32. The molecule has 2 N–H and O–H groups in total. The molecule has 0 aliphatic rings. The number of benzene rings is 1. The molecule has 0 saturated carbocycles. The van der Waals surface area contributed by atoms with E-state index in [0.29, 0.717) is 17.9 Å². The van der Waals surface area contributed by atoms with Crippen LogP contribution in [0.4, 0.5) is 0 Å². The lowest BCUT2D eigenvalue weighted by molar-refractivity contribution is -0.139. The van der Waals surface area contributed by atoms with Crippen molar-refractivity contribution in [1.29, 1.82) is 0 Å². The number of carbonyl (C=O) groups excluding carboxylic acids is 2. The highest BCUT2D eigenvalue weighted by atomic mass is 79.9. The summed E-state index contributed by atoms with van der Waals surface area (Å²) in [7, 11) is 1.54. The number of amides is 2. The van der Waals surface area contributed by atoms with Gasteiger partial charge in [-0.25, -0.2) is 5.43 Å². The van der Waals surface area contributed by atoms with Crippen LogP contribution in [0.15, 0.2) is 27.8 Å². The molecule has 0 bridgehead atoms. The van der Waals surface area contributed by atoms with Gasteiger partial charge in [-0.05, 0) is 25.1 Å². The minimum absolute atomic E-state index is 0.384. The van der Waals surface area contributed by atoms with E-state index in [1.165, 1.54) is 13.3 Å². The largest absolute Gasteiger partial charge is 0.496 e. The van der Waals surface area contributed by atoms with Crippen molar-refractivity contribution >= 4 is 34.0 Å². The number of nitrogens with zero attached hydrogens (tertiary/aromatic N) is 1. The number of hydrogen-bond donors (Lipinski definition) is 2. The second kappa shape index (κ2) is 7.52. The van der Waals surface area contributed by atoms with E-state index in [1.807, 2.05) is 6.07 Å². The fourth-order valence-corrected chi connectivity index (χ4v) is 1.64. The third-order valence-corrected chi connectivity index (χ3v) is 2.60. The molecule has 7 heteroatoms. The average Bonchev–Trinajstić information content (AvgIpc) is 2.39. The summed E-state index contributed by atoms with van der Waals surface area (Å²) in [6.07, 6.45) is 1.40. The van der Waals surface area contributed by atoms with Crippen molar-refractivity contribution in [3.63, 3.8) is 0 Å². The van der Waals surface area contributed by atoms with Gasteiger partial charge in [-0.1, -0.05) is 15.9 Å². The SMILES string of the molecule is CCNC(=O)C(=O)N/N=C\c1cc(Br)ccc1OC. The molecule has 0 fully saturated rings. The third-order valence-electron chi connectivity index (χ3n) is 2.11. The fraction of sp³-hybridized carbons (Fsp3) is 0.250. The first-order chi connectivity index (χ1) is 9.08. The van der Waals surface area contributed by atoms with Gasteiger partial charge in [0.2, 0.25) is 0 Å². The van der Waals surface area contributed by atoms with E-state index in [-0.39, 0.29) is 0 Å². The molecule has 19 heavy (non-hydrogen) atoms. The van der Waals surface area contributed by atoms with Gasteiger partial charge in [0.05, 0.1) is 13.3 Å². The molecule has 2 amide bonds.